The fourth-order valence-electron chi connectivity index (χ4n) is 3.13. The van der Waals surface area contributed by atoms with E-state index in [1.165, 1.54) is 17.7 Å². The molecule has 2 aliphatic rings. The number of nitrogens with zero attached hydrogens (tertiary/aromatic N) is 1. The number of ether oxygens (including phenoxy) is 1. The first-order valence-electron chi connectivity index (χ1n) is 5.96. The van der Waals surface area contributed by atoms with Crippen LogP contribution in [-0.2, 0) is 6.42 Å². The second-order valence-corrected chi connectivity index (χ2v) is 4.81. The lowest BCUT2D eigenvalue weighted by Crippen LogP contribution is -2.25. The molecule has 2 heterocycles. The second-order valence-electron chi connectivity index (χ2n) is 4.81. The van der Waals surface area contributed by atoms with Crippen LogP contribution in [0.3, 0.4) is 0 Å². The van der Waals surface area contributed by atoms with Crippen LogP contribution in [0.4, 0.5) is 5.69 Å². The Balaban J connectivity index is 1.95. The van der Waals surface area contributed by atoms with Gasteiger partial charge in [-0.3, -0.25) is 0 Å². The van der Waals surface area contributed by atoms with E-state index in [-0.39, 0.29) is 0 Å². The van der Waals surface area contributed by atoms with Crippen LogP contribution in [0, 0.1) is 5.92 Å². The minimum absolute atomic E-state index is 0.653. The molecule has 16 heavy (non-hydrogen) atoms. The van der Waals surface area contributed by atoms with E-state index < -0.39 is 0 Å². The van der Waals surface area contributed by atoms with Crippen LogP contribution in [0.15, 0.2) is 18.2 Å². The Bertz CT molecular complexity index is 405. The Morgan fingerprint density at radius 2 is 2.38 bits per heavy atom. The number of hydrogen-bond donors (Lipinski definition) is 1. The monoisotopic (exact) mass is 218 g/mol. The molecule has 0 spiro atoms. The van der Waals surface area contributed by atoms with Gasteiger partial charge in [0.25, 0.3) is 0 Å². The van der Waals surface area contributed by atoms with Crippen molar-refractivity contribution in [3.8, 4) is 5.75 Å². The van der Waals surface area contributed by atoms with E-state index in [9.17, 15) is 0 Å². The Morgan fingerprint density at radius 3 is 3.12 bits per heavy atom. The number of nitrogens with two attached hydrogens (primary N) is 1. The van der Waals surface area contributed by atoms with Gasteiger partial charge in [0.1, 0.15) is 5.75 Å². The highest BCUT2D eigenvalue weighted by Crippen LogP contribution is 2.43. The maximum Gasteiger partial charge on any atom is 0.124 e. The van der Waals surface area contributed by atoms with Gasteiger partial charge >= 0.3 is 0 Å². The lowest BCUT2D eigenvalue weighted by atomic mass is 10.0. The molecule has 1 aromatic carbocycles. The van der Waals surface area contributed by atoms with Crippen LogP contribution >= 0.6 is 0 Å². The van der Waals surface area contributed by atoms with Gasteiger partial charge in [0.05, 0.1) is 7.11 Å². The summed E-state index contributed by atoms with van der Waals surface area (Å²) in [5.41, 5.74) is 8.50. The van der Waals surface area contributed by atoms with Crippen molar-refractivity contribution in [2.75, 3.05) is 25.1 Å². The Hall–Kier alpha value is -1.22. The number of benzene rings is 1. The van der Waals surface area contributed by atoms with Gasteiger partial charge in [0.15, 0.2) is 0 Å². The maximum atomic E-state index is 5.76. The molecule has 86 valence electrons. The highest BCUT2D eigenvalue weighted by Gasteiger charge is 2.38. The number of anilines is 1. The molecule has 2 N–H and O–H groups in total. The van der Waals surface area contributed by atoms with E-state index in [4.69, 9.17) is 10.5 Å². The van der Waals surface area contributed by atoms with Crippen LogP contribution in [0.25, 0.3) is 0 Å². The molecule has 3 heteroatoms. The van der Waals surface area contributed by atoms with Crippen molar-refractivity contribution in [3.05, 3.63) is 23.8 Å². The summed E-state index contributed by atoms with van der Waals surface area (Å²) < 4.78 is 5.42. The van der Waals surface area contributed by atoms with Gasteiger partial charge in [-0.25, -0.2) is 0 Å². The third-order valence-corrected chi connectivity index (χ3v) is 3.91. The number of rotatable bonds is 2. The molecular formula is C13H18N2O. The summed E-state index contributed by atoms with van der Waals surface area (Å²) in [5.74, 6) is 1.71. The largest absolute Gasteiger partial charge is 0.496 e. The standard InChI is InChI=1S/C13H18N2O/c1-16-13-4-2-3-12-11(13)6-10-5-9(7-14)8-15(10)12/h2-4,9-10H,5-8,14H2,1H3. The molecular weight excluding hydrogens is 200 g/mol. The van der Waals surface area contributed by atoms with Crippen molar-refractivity contribution in [2.45, 2.75) is 18.9 Å². The van der Waals surface area contributed by atoms with Gasteiger partial charge in [-0.05, 0) is 37.4 Å². The zero-order chi connectivity index (χ0) is 11.1. The van der Waals surface area contributed by atoms with Crippen LogP contribution in [0.5, 0.6) is 5.75 Å². The molecule has 1 aromatic rings. The Labute approximate surface area is 96.2 Å². The molecule has 0 saturated carbocycles. The van der Waals surface area contributed by atoms with E-state index in [1.807, 2.05) is 0 Å². The van der Waals surface area contributed by atoms with Crippen LogP contribution in [-0.4, -0.2) is 26.2 Å². The first-order valence-corrected chi connectivity index (χ1v) is 5.96. The molecule has 3 nitrogen and oxygen atoms in total. The molecule has 3 rings (SSSR count). The number of hydrogen-bond acceptors (Lipinski definition) is 3. The van der Waals surface area contributed by atoms with Crippen molar-refractivity contribution in [3.63, 3.8) is 0 Å². The molecule has 2 unspecified atom stereocenters. The average Bonchev–Trinajstić information content (AvgIpc) is 2.85. The third kappa shape index (κ3) is 1.31. The number of fused-ring (bicyclic) bond motifs is 3. The van der Waals surface area contributed by atoms with Crippen LogP contribution in [0.2, 0.25) is 0 Å². The van der Waals surface area contributed by atoms with Gasteiger partial charge in [0, 0.05) is 23.8 Å². The molecule has 2 aliphatic heterocycles. The lowest BCUT2D eigenvalue weighted by molar-refractivity contribution is 0.409. The second kappa shape index (κ2) is 3.67. The van der Waals surface area contributed by atoms with Crippen molar-refractivity contribution in [1.29, 1.82) is 0 Å². The fourth-order valence-corrected chi connectivity index (χ4v) is 3.13. The summed E-state index contributed by atoms with van der Waals surface area (Å²) in [7, 11) is 1.75. The SMILES string of the molecule is COc1cccc2c1CC1CC(CN)CN21. The van der Waals surface area contributed by atoms with Gasteiger partial charge in [0.2, 0.25) is 0 Å². The van der Waals surface area contributed by atoms with Crippen LogP contribution < -0.4 is 15.4 Å². The Kier molecular flexibility index (Phi) is 2.28. The summed E-state index contributed by atoms with van der Waals surface area (Å²) >= 11 is 0. The molecule has 0 amide bonds. The molecule has 0 aromatic heterocycles. The van der Waals surface area contributed by atoms with E-state index in [0.717, 1.165) is 25.3 Å². The van der Waals surface area contributed by atoms with Crippen LogP contribution in [0.1, 0.15) is 12.0 Å². The molecule has 0 aliphatic carbocycles. The van der Waals surface area contributed by atoms with Crippen molar-refractivity contribution in [2.24, 2.45) is 11.7 Å². The minimum atomic E-state index is 0.653. The van der Waals surface area contributed by atoms with E-state index >= 15 is 0 Å². The lowest BCUT2D eigenvalue weighted by Gasteiger charge is -2.19. The first-order chi connectivity index (χ1) is 7.83. The predicted molar refractivity (Wildman–Crippen MR) is 65.0 cm³/mol. The summed E-state index contributed by atoms with van der Waals surface area (Å²) in [4.78, 5) is 2.51. The van der Waals surface area contributed by atoms with E-state index in [2.05, 4.69) is 23.1 Å². The highest BCUT2D eigenvalue weighted by molar-refractivity contribution is 5.65. The van der Waals surface area contributed by atoms with Gasteiger partial charge < -0.3 is 15.4 Å². The molecule has 0 radical (unpaired) electrons. The highest BCUT2D eigenvalue weighted by atomic mass is 16.5. The molecule has 1 saturated heterocycles. The topological polar surface area (TPSA) is 38.5 Å². The smallest absolute Gasteiger partial charge is 0.124 e. The first kappa shape index (κ1) is 9.97. The van der Waals surface area contributed by atoms with Gasteiger partial charge in [-0.1, -0.05) is 6.07 Å². The van der Waals surface area contributed by atoms with Crippen molar-refractivity contribution >= 4 is 5.69 Å². The van der Waals surface area contributed by atoms with Crippen molar-refractivity contribution in [1.82, 2.24) is 0 Å². The normalized spacial score (nSPS) is 26.8. The zero-order valence-electron chi connectivity index (χ0n) is 9.65. The van der Waals surface area contributed by atoms with E-state index in [1.54, 1.807) is 7.11 Å². The molecule has 0 bridgehead atoms. The fraction of sp³-hybridized carbons (Fsp3) is 0.538. The summed E-state index contributed by atoms with van der Waals surface area (Å²) in [6, 6.07) is 6.99. The maximum absolute atomic E-state index is 5.76. The Morgan fingerprint density at radius 1 is 1.50 bits per heavy atom. The minimum Gasteiger partial charge on any atom is -0.496 e. The van der Waals surface area contributed by atoms with E-state index in [0.29, 0.717) is 12.0 Å². The summed E-state index contributed by atoms with van der Waals surface area (Å²) in [5, 5.41) is 0. The summed E-state index contributed by atoms with van der Waals surface area (Å²) in [6.45, 7) is 1.92. The zero-order valence-corrected chi connectivity index (χ0v) is 9.65. The van der Waals surface area contributed by atoms with Gasteiger partial charge in [-0.15, -0.1) is 0 Å². The summed E-state index contributed by atoms with van der Waals surface area (Å²) in [6.07, 6.45) is 2.35. The predicted octanol–water partition coefficient (Wildman–Crippen LogP) is 1.40. The van der Waals surface area contributed by atoms with Crippen molar-refractivity contribution < 1.29 is 4.74 Å². The quantitative estimate of drug-likeness (QED) is 0.815. The molecule has 1 fully saturated rings. The average molecular weight is 218 g/mol. The van der Waals surface area contributed by atoms with Gasteiger partial charge in [-0.2, -0.15) is 0 Å². The molecule has 2 atom stereocenters. The number of methoxy groups -OCH3 is 1. The third-order valence-electron chi connectivity index (χ3n) is 3.91.